The van der Waals surface area contributed by atoms with Gasteiger partial charge in [-0.05, 0) is 36.9 Å². The molecule has 0 fully saturated rings. The van der Waals surface area contributed by atoms with Crippen LogP contribution in [0.1, 0.15) is 34.6 Å². The number of thiophene rings is 1. The summed E-state index contributed by atoms with van der Waals surface area (Å²) in [5.74, 6) is -0.846. The standard InChI is InChI=1S/C24H24N4O3S/c1-15-22-18(13-19(20-11-8-12-32-20)25-23(22)28(4)26-15)24(30)31-14-21(29)27(3)16(2)17-9-6-5-7-10-17/h5-13,16H,14H2,1-4H3. The Labute approximate surface area is 190 Å². The number of carbonyl (C=O) groups is 2. The molecule has 3 aromatic heterocycles. The molecule has 1 atom stereocenters. The van der Waals surface area contributed by atoms with E-state index in [1.54, 1.807) is 29.7 Å². The van der Waals surface area contributed by atoms with Gasteiger partial charge in [0, 0.05) is 14.1 Å². The predicted molar refractivity (Wildman–Crippen MR) is 124 cm³/mol. The third kappa shape index (κ3) is 4.13. The van der Waals surface area contributed by atoms with E-state index < -0.39 is 5.97 Å². The van der Waals surface area contributed by atoms with E-state index in [2.05, 4.69) is 10.1 Å². The molecule has 0 bridgehead atoms. The van der Waals surface area contributed by atoms with Crippen LogP contribution in [0.4, 0.5) is 0 Å². The van der Waals surface area contributed by atoms with Gasteiger partial charge in [0.2, 0.25) is 0 Å². The van der Waals surface area contributed by atoms with Gasteiger partial charge in [-0.1, -0.05) is 36.4 Å². The number of pyridine rings is 1. The van der Waals surface area contributed by atoms with Gasteiger partial charge in [-0.15, -0.1) is 11.3 Å². The van der Waals surface area contributed by atoms with Crippen LogP contribution in [0.3, 0.4) is 0 Å². The number of fused-ring (bicyclic) bond motifs is 1. The van der Waals surface area contributed by atoms with Crippen molar-refractivity contribution in [3.05, 3.63) is 70.7 Å². The van der Waals surface area contributed by atoms with Gasteiger partial charge in [-0.3, -0.25) is 9.48 Å². The Bertz CT molecular complexity index is 1270. The van der Waals surface area contributed by atoms with Crippen LogP contribution in [0.2, 0.25) is 0 Å². The smallest absolute Gasteiger partial charge is 0.339 e. The molecule has 1 unspecified atom stereocenters. The highest BCUT2D eigenvalue weighted by atomic mass is 32.1. The minimum atomic E-state index is -0.569. The summed E-state index contributed by atoms with van der Waals surface area (Å²) in [5.41, 5.74) is 3.32. The summed E-state index contributed by atoms with van der Waals surface area (Å²) in [6.07, 6.45) is 0. The highest BCUT2D eigenvalue weighted by Gasteiger charge is 2.23. The van der Waals surface area contributed by atoms with Crippen LogP contribution in [0.15, 0.2) is 53.9 Å². The number of esters is 1. The fraction of sp³-hybridized carbons (Fsp3) is 0.250. The van der Waals surface area contributed by atoms with Crippen LogP contribution in [0, 0.1) is 6.92 Å². The first-order valence-electron chi connectivity index (χ1n) is 10.2. The molecule has 164 valence electrons. The number of nitrogens with zero attached hydrogens (tertiary/aromatic N) is 4. The van der Waals surface area contributed by atoms with Crippen LogP contribution in [-0.4, -0.2) is 45.2 Å². The zero-order chi connectivity index (χ0) is 22.8. The predicted octanol–water partition coefficient (Wildman–Crippen LogP) is 4.38. The monoisotopic (exact) mass is 448 g/mol. The lowest BCUT2D eigenvalue weighted by Gasteiger charge is -2.25. The van der Waals surface area contributed by atoms with E-state index >= 15 is 0 Å². The molecule has 4 rings (SSSR count). The van der Waals surface area contributed by atoms with Crippen LogP contribution >= 0.6 is 11.3 Å². The number of hydrogen-bond acceptors (Lipinski definition) is 6. The maximum atomic E-state index is 13.1. The van der Waals surface area contributed by atoms with Gasteiger partial charge >= 0.3 is 5.97 Å². The van der Waals surface area contributed by atoms with E-state index in [-0.39, 0.29) is 18.6 Å². The largest absolute Gasteiger partial charge is 0.452 e. The van der Waals surface area contributed by atoms with Crippen molar-refractivity contribution in [1.29, 1.82) is 0 Å². The van der Waals surface area contributed by atoms with Gasteiger partial charge in [0.05, 0.1) is 33.3 Å². The number of carbonyl (C=O) groups excluding carboxylic acids is 2. The van der Waals surface area contributed by atoms with Crippen LogP contribution in [0.25, 0.3) is 21.6 Å². The fourth-order valence-corrected chi connectivity index (χ4v) is 4.32. The molecule has 1 aromatic carbocycles. The van der Waals surface area contributed by atoms with Crippen molar-refractivity contribution in [1.82, 2.24) is 19.7 Å². The molecule has 3 heterocycles. The summed E-state index contributed by atoms with van der Waals surface area (Å²) in [6.45, 7) is 3.42. The number of hydrogen-bond donors (Lipinski definition) is 0. The summed E-state index contributed by atoms with van der Waals surface area (Å²) in [6, 6.07) is 15.2. The second-order valence-corrected chi connectivity index (χ2v) is 8.56. The SMILES string of the molecule is Cc1nn(C)c2nc(-c3cccs3)cc(C(=O)OCC(=O)N(C)C(C)c3ccccc3)c12. The van der Waals surface area contributed by atoms with Crippen molar-refractivity contribution in [3.63, 3.8) is 0 Å². The van der Waals surface area contributed by atoms with Gasteiger partial charge in [0.1, 0.15) is 0 Å². The van der Waals surface area contributed by atoms with Crippen molar-refractivity contribution in [2.75, 3.05) is 13.7 Å². The molecule has 0 N–H and O–H groups in total. The van der Waals surface area contributed by atoms with Crippen LogP contribution in [-0.2, 0) is 16.6 Å². The summed E-state index contributed by atoms with van der Waals surface area (Å²) < 4.78 is 7.10. The van der Waals surface area contributed by atoms with Crippen molar-refractivity contribution < 1.29 is 14.3 Å². The molecule has 0 aliphatic rings. The van der Waals surface area contributed by atoms with Crippen LogP contribution < -0.4 is 0 Å². The number of benzene rings is 1. The third-order valence-corrected chi connectivity index (χ3v) is 6.44. The normalized spacial score (nSPS) is 12.0. The van der Waals surface area contributed by atoms with E-state index in [0.717, 1.165) is 10.4 Å². The molecular weight excluding hydrogens is 424 g/mol. The Morgan fingerprint density at radius 2 is 1.94 bits per heavy atom. The number of amides is 1. The molecule has 0 saturated carbocycles. The van der Waals surface area contributed by atoms with Crippen molar-refractivity contribution in [2.24, 2.45) is 7.05 Å². The Kier molecular flexibility index (Phi) is 6.05. The van der Waals surface area contributed by atoms with E-state index in [1.165, 1.54) is 11.3 Å². The van der Waals surface area contributed by atoms with Crippen molar-refractivity contribution in [3.8, 4) is 10.6 Å². The maximum Gasteiger partial charge on any atom is 0.339 e. The summed E-state index contributed by atoms with van der Waals surface area (Å²) >= 11 is 1.54. The van der Waals surface area contributed by atoms with Gasteiger partial charge in [-0.25, -0.2) is 9.78 Å². The number of likely N-dealkylation sites (N-methyl/N-ethyl adjacent to an activating group) is 1. The molecule has 0 radical (unpaired) electrons. The first-order valence-corrected chi connectivity index (χ1v) is 11.1. The summed E-state index contributed by atoms with van der Waals surface area (Å²) in [5, 5.41) is 7.00. The van der Waals surface area contributed by atoms with Gasteiger partial charge in [-0.2, -0.15) is 5.10 Å². The molecule has 4 aromatic rings. The topological polar surface area (TPSA) is 77.3 Å². The number of ether oxygens (including phenoxy) is 1. The van der Waals surface area contributed by atoms with E-state index in [4.69, 9.17) is 4.74 Å². The summed E-state index contributed by atoms with van der Waals surface area (Å²) in [4.78, 5) is 33.0. The first-order chi connectivity index (χ1) is 15.4. The Balaban J connectivity index is 1.57. The Hall–Kier alpha value is -3.52. The number of aromatic nitrogens is 3. The third-order valence-electron chi connectivity index (χ3n) is 5.55. The van der Waals surface area contributed by atoms with Crippen LogP contribution in [0.5, 0.6) is 0 Å². The average Bonchev–Trinajstić information content (AvgIpc) is 3.44. The Morgan fingerprint density at radius 3 is 2.62 bits per heavy atom. The zero-order valence-electron chi connectivity index (χ0n) is 18.4. The first kappa shape index (κ1) is 21.7. The zero-order valence-corrected chi connectivity index (χ0v) is 19.2. The minimum absolute atomic E-state index is 0.138. The quantitative estimate of drug-likeness (QED) is 0.409. The lowest BCUT2D eigenvalue weighted by molar-refractivity contribution is -0.135. The summed E-state index contributed by atoms with van der Waals surface area (Å²) in [7, 11) is 3.50. The van der Waals surface area contributed by atoms with Gasteiger partial charge in [0.25, 0.3) is 5.91 Å². The van der Waals surface area contributed by atoms with E-state index in [0.29, 0.717) is 28.0 Å². The molecule has 0 aliphatic carbocycles. The highest BCUT2D eigenvalue weighted by Crippen LogP contribution is 2.29. The van der Waals surface area contributed by atoms with Gasteiger partial charge in [0.15, 0.2) is 12.3 Å². The molecule has 0 saturated heterocycles. The maximum absolute atomic E-state index is 13.1. The van der Waals surface area contributed by atoms with E-state index in [1.807, 2.05) is 61.7 Å². The molecular formula is C24H24N4O3S. The molecule has 32 heavy (non-hydrogen) atoms. The fourth-order valence-electron chi connectivity index (χ4n) is 3.63. The minimum Gasteiger partial charge on any atom is -0.452 e. The van der Waals surface area contributed by atoms with Crippen molar-refractivity contribution >= 4 is 34.2 Å². The second kappa shape index (κ2) is 8.92. The molecule has 0 spiro atoms. The Morgan fingerprint density at radius 1 is 1.19 bits per heavy atom. The second-order valence-electron chi connectivity index (χ2n) is 7.61. The lowest BCUT2D eigenvalue weighted by atomic mass is 10.1. The number of aryl methyl sites for hydroxylation is 2. The van der Waals surface area contributed by atoms with E-state index in [9.17, 15) is 9.59 Å². The lowest BCUT2D eigenvalue weighted by Crippen LogP contribution is -2.33. The van der Waals surface area contributed by atoms with Crippen molar-refractivity contribution in [2.45, 2.75) is 19.9 Å². The average molecular weight is 449 g/mol. The molecule has 8 heteroatoms. The highest BCUT2D eigenvalue weighted by molar-refractivity contribution is 7.13. The molecule has 7 nitrogen and oxygen atoms in total. The van der Waals surface area contributed by atoms with Gasteiger partial charge < -0.3 is 9.64 Å². The molecule has 0 aliphatic heterocycles. The number of rotatable bonds is 6. The molecule has 1 amide bonds.